The second-order valence-electron chi connectivity index (χ2n) is 5.14. The summed E-state index contributed by atoms with van der Waals surface area (Å²) in [6.07, 6.45) is 10.6. The van der Waals surface area contributed by atoms with Crippen LogP contribution in [0.4, 0.5) is 0 Å². The van der Waals surface area contributed by atoms with E-state index in [0.717, 1.165) is 25.8 Å². The Morgan fingerprint density at radius 1 is 1.38 bits per heavy atom. The SMILES string of the molecule is C#CCN(CC1CC1)C(=O)C1CCC(N)C1. The highest BCUT2D eigenvalue weighted by atomic mass is 16.2. The van der Waals surface area contributed by atoms with Gasteiger partial charge in [-0.2, -0.15) is 0 Å². The van der Waals surface area contributed by atoms with Crippen molar-refractivity contribution in [1.29, 1.82) is 0 Å². The van der Waals surface area contributed by atoms with Gasteiger partial charge in [0.1, 0.15) is 0 Å². The standard InChI is InChI=1S/C13H20N2O/c1-2-7-15(9-10-3-4-10)13(16)11-5-6-12(14)8-11/h1,10-12H,3-9,14H2. The van der Waals surface area contributed by atoms with Gasteiger partial charge in [-0.05, 0) is 38.0 Å². The Kier molecular flexibility index (Phi) is 3.50. The topological polar surface area (TPSA) is 46.3 Å². The first-order valence-corrected chi connectivity index (χ1v) is 6.18. The van der Waals surface area contributed by atoms with Crippen molar-refractivity contribution in [2.24, 2.45) is 17.6 Å². The molecule has 0 heterocycles. The van der Waals surface area contributed by atoms with Gasteiger partial charge in [0.05, 0.1) is 6.54 Å². The van der Waals surface area contributed by atoms with Crippen LogP contribution in [-0.4, -0.2) is 29.9 Å². The maximum absolute atomic E-state index is 12.2. The number of hydrogen-bond donors (Lipinski definition) is 1. The molecule has 0 bridgehead atoms. The van der Waals surface area contributed by atoms with Crippen molar-refractivity contribution < 1.29 is 4.79 Å². The van der Waals surface area contributed by atoms with Crippen LogP contribution in [0.25, 0.3) is 0 Å². The van der Waals surface area contributed by atoms with Crippen LogP contribution in [0, 0.1) is 24.2 Å². The number of nitrogens with zero attached hydrogens (tertiary/aromatic N) is 1. The highest BCUT2D eigenvalue weighted by molar-refractivity contribution is 5.79. The van der Waals surface area contributed by atoms with Gasteiger partial charge in [-0.3, -0.25) is 4.79 Å². The quantitative estimate of drug-likeness (QED) is 0.718. The zero-order valence-electron chi connectivity index (χ0n) is 9.69. The fourth-order valence-electron chi connectivity index (χ4n) is 2.45. The second kappa shape index (κ2) is 4.88. The summed E-state index contributed by atoms with van der Waals surface area (Å²) in [5.74, 6) is 3.65. The summed E-state index contributed by atoms with van der Waals surface area (Å²) in [7, 11) is 0. The lowest BCUT2D eigenvalue weighted by Gasteiger charge is -2.23. The molecule has 0 aliphatic heterocycles. The van der Waals surface area contributed by atoms with E-state index in [1.165, 1.54) is 12.8 Å². The van der Waals surface area contributed by atoms with Crippen LogP contribution in [0.3, 0.4) is 0 Å². The molecular formula is C13H20N2O. The summed E-state index contributed by atoms with van der Waals surface area (Å²) in [6.45, 7) is 1.32. The van der Waals surface area contributed by atoms with Crippen molar-refractivity contribution in [1.82, 2.24) is 4.90 Å². The van der Waals surface area contributed by atoms with Gasteiger partial charge in [0.2, 0.25) is 5.91 Å². The minimum absolute atomic E-state index is 0.127. The maximum atomic E-state index is 12.2. The Balaban J connectivity index is 1.90. The molecule has 0 aromatic rings. The van der Waals surface area contributed by atoms with E-state index in [-0.39, 0.29) is 17.9 Å². The molecule has 2 fully saturated rings. The van der Waals surface area contributed by atoms with Crippen molar-refractivity contribution in [2.75, 3.05) is 13.1 Å². The number of terminal acetylenes is 1. The zero-order valence-corrected chi connectivity index (χ0v) is 9.69. The molecule has 2 aliphatic carbocycles. The van der Waals surface area contributed by atoms with E-state index in [2.05, 4.69) is 5.92 Å². The molecule has 2 aliphatic rings. The number of carbonyl (C=O) groups is 1. The van der Waals surface area contributed by atoms with Crippen molar-refractivity contribution in [3.8, 4) is 12.3 Å². The molecule has 0 radical (unpaired) electrons. The molecule has 0 aromatic carbocycles. The van der Waals surface area contributed by atoms with Crippen LogP contribution in [0.1, 0.15) is 32.1 Å². The number of nitrogens with two attached hydrogens (primary N) is 1. The van der Waals surface area contributed by atoms with E-state index < -0.39 is 0 Å². The third-order valence-corrected chi connectivity index (χ3v) is 3.59. The van der Waals surface area contributed by atoms with Gasteiger partial charge in [0, 0.05) is 18.5 Å². The zero-order chi connectivity index (χ0) is 11.5. The molecular weight excluding hydrogens is 200 g/mol. The van der Waals surface area contributed by atoms with Gasteiger partial charge in [0.15, 0.2) is 0 Å². The van der Waals surface area contributed by atoms with Gasteiger partial charge in [0.25, 0.3) is 0 Å². The Morgan fingerprint density at radius 3 is 2.62 bits per heavy atom. The predicted molar refractivity (Wildman–Crippen MR) is 63.5 cm³/mol. The first-order valence-electron chi connectivity index (χ1n) is 6.18. The van der Waals surface area contributed by atoms with Crippen LogP contribution >= 0.6 is 0 Å². The molecule has 2 rings (SSSR count). The largest absolute Gasteiger partial charge is 0.331 e. The van der Waals surface area contributed by atoms with Gasteiger partial charge >= 0.3 is 0 Å². The first-order chi connectivity index (χ1) is 7.70. The molecule has 3 heteroatoms. The molecule has 0 aromatic heterocycles. The van der Waals surface area contributed by atoms with Crippen molar-refractivity contribution in [2.45, 2.75) is 38.1 Å². The average Bonchev–Trinajstić information content (AvgIpc) is 2.97. The number of carbonyl (C=O) groups excluding carboxylic acids is 1. The summed E-state index contributed by atoms with van der Waals surface area (Å²) in [4.78, 5) is 14.1. The Hall–Kier alpha value is -1.01. The summed E-state index contributed by atoms with van der Waals surface area (Å²) in [5, 5.41) is 0. The Morgan fingerprint density at radius 2 is 2.12 bits per heavy atom. The number of hydrogen-bond acceptors (Lipinski definition) is 2. The Bertz CT molecular complexity index is 304. The molecule has 16 heavy (non-hydrogen) atoms. The van der Waals surface area contributed by atoms with Crippen LogP contribution < -0.4 is 5.73 Å². The minimum atomic E-state index is 0.127. The van der Waals surface area contributed by atoms with E-state index in [9.17, 15) is 4.79 Å². The van der Waals surface area contributed by atoms with Crippen LogP contribution in [0.15, 0.2) is 0 Å². The van der Waals surface area contributed by atoms with Crippen molar-refractivity contribution in [3.05, 3.63) is 0 Å². The summed E-state index contributed by atoms with van der Waals surface area (Å²) in [6, 6.07) is 0.211. The average molecular weight is 220 g/mol. The lowest BCUT2D eigenvalue weighted by atomic mass is 10.1. The van der Waals surface area contributed by atoms with Gasteiger partial charge < -0.3 is 10.6 Å². The summed E-state index contributed by atoms with van der Waals surface area (Å²) < 4.78 is 0. The van der Waals surface area contributed by atoms with Crippen LogP contribution in [0.2, 0.25) is 0 Å². The fourth-order valence-corrected chi connectivity index (χ4v) is 2.45. The minimum Gasteiger partial charge on any atom is -0.331 e. The third-order valence-electron chi connectivity index (χ3n) is 3.59. The highest BCUT2D eigenvalue weighted by Crippen LogP contribution is 2.31. The monoisotopic (exact) mass is 220 g/mol. The fraction of sp³-hybridized carbons (Fsp3) is 0.769. The van der Waals surface area contributed by atoms with E-state index in [0.29, 0.717) is 12.5 Å². The summed E-state index contributed by atoms with van der Waals surface area (Å²) in [5.41, 5.74) is 5.84. The smallest absolute Gasteiger partial charge is 0.226 e. The van der Waals surface area contributed by atoms with Gasteiger partial charge in [-0.15, -0.1) is 6.42 Å². The lowest BCUT2D eigenvalue weighted by molar-refractivity contribution is -0.135. The molecule has 88 valence electrons. The molecule has 3 nitrogen and oxygen atoms in total. The molecule has 2 unspecified atom stereocenters. The van der Waals surface area contributed by atoms with E-state index in [1.807, 2.05) is 4.90 Å². The predicted octanol–water partition coefficient (Wildman–Crippen LogP) is 0.986. The normalized spacial score (nSPS) is 28.8. The summed E-state index contributed by atoms with van der Waals surface area (Å²) >= 11 is 0. The number of amides is 1. The molecule has 2 atom stereocenters. The third kappa shape index (κ3) is 2.76. The number of rotatable bonds is 4. The molecule has 1 amide bonds. The highest BCUT2D eigenvalue weighted by Gasteiger charge is 2.33. The second-order valence-corrected chi connectivity index (χ2v) is 5.14. The van der Waals surface area contributed by atoms with Crippen molar-refractivity contribution >= 4 is 5.91 Å². The van der Waals surface area contributed by atoms with Crippen LogP contribution in [-0.2, 0) is 4.79 Å². The molecule has 0 saturated heterocycles. The first kappa shape index (κ1) is 11.5. The molecule has 2 N–H and O–H groups in total. The van der Waals surface area contributed by atoms with Gasteiger partial charge in [-0.25, -0.2) is 0 Å². The van der Waals surface area contributed by atoms with Crippen LogP contribution in [0.5, 0.6) is 0 Å². The van der Waals surface area contributed by atoms with E-state index in [1.54, 1.807) is 0 Å². The Labute approximate surface area is 97.4 Å². The molecule has 0 spiro atoms. The molecule has 2 saturated carbocycles. The maximum Gasteiger partial charge on any atom is 0.226 e. The van der Waals surface area contributed by atoms with Crippen molar-refractivity contribution in [3.63, 3.8) is 0 Å². The van der Waals surface area contributed by atoms with Gasteiger partial charge in [-0.1, -0.05) is 5.92 Å². The lowest BCUT2D eigenvalue weighted by Crippen LogP contribution is -2.37. The van der Waals surface area contributed by atoms with E-state index in [4.69, 9.17) is 12.2 Å². The van der Waals surface area contributed by atoms with E-state index >= 15 is 0 Å².